The third-order valence-electron chi connectivity index (χ3n) is 4.30. The Morgan fingerprint density at radius 1 is 1.27 bits per heavy atom. The minimum atomic E-state index is -4.62. The Hall–Kier alpha value is -2.14. The van der Waals surface area contributed by atoms with Crippen LogP contribution in [0.1, 0.15) is 24.2 Å². The number of nitrogens with one attached hydrogen (secondary N) is 1. The van der Waals surface area contributed by atoms with Crippen molar-refractivity contribution in [1.82, 2.24) is 19.1 Å². The van der Waals surface area contributed by atoms with Gasteiger partial charge >= 0.3 is 11.9 Å². The number of nitrogens with zero attached hydrogens (tertiary/aromatic N) is 3. The van der Waals surface area contributed by atoms with Crippen molar-refractivity contribution in [3.8, 4) is 0 Å². The van der Waals surface area contributed by atoms with Crippen molar-refractivity contribution in [1.29, 1.82) is 0 Å². The lowest BCUT2D eigenvalue weighted by Gasteiger charge is -2.17. The Kier molecular flexibility index (Phi) is 4.69. The Labute approximate surface area is 147 Å². The lowest BCUT2D eigenvalue weighted by molar-refractivity contribution is -0.137. The third-order valence-corrected chi connectivity index (χ3v) is 5.81. The molecule has 1 aromatic carbocycles. The van der Waals surface area contributed by atoms with E-state index >= 15 is 0 Å². The van der Waals surface area contributed by atoms with Crippen LogP contribution in [0.2, 0.25) is 0 Å². The molecule has 1 aliphatic rings. The molecule has 26 heavy (non-hydrogen) atoms. The summed E-state index contributed by atoms with van der Waals surface area (Å²) in [4.78, 5) is 11.5. The summed E-state index contributed by atoms with van der Waals surface area (Å²) < 4.78 is 68.5. The molecule has 2 heterocycles. The summed E-state index contributed by atoms with van der Waals surface area (Å²) in [6.07, 6.45) is -3.49. The van der Waals surface area contributed by atoms with E-state index in [1.807, 2.05) is 0 Å². The maximum atomic E-state index is 12.8. The maximum absolute atomic E-state index is 12.8. The molecule has 0 spiro atoms. The van der Waals surface area contributed by atoms with Crippen LogP contribution in [-0.2, 0) is 36.2 Å². The van der Waals surface area contributed by atoms with Crippen LogP contribution in [0.5, 0.6) is 0 Å². The third kappa shape index (κ3) is 3.68. The van der Waals surface area contributed by atoms with Gasteiger partial charge in [0.2, 0.25) is 10.0 Å². The van der Waals surface area contributed by atoms with Gasteiger partial charge in [0, 0.05) is 26.1 Å². The average Bonchev–Trinajstić information content (AvgIpc) is 2.71. The zero-order valence-electron chi connectivity index (χ0n) is 13.8. The number of fused-ring (bicyclic) bond motifs is 1. The summed E-state index contributed by atoms with van der Waals surface area (Å²) in [5.74, 6) is 0.568. The first-order chi connectivity index (χ1) is 12.1. The minimum Gasteiger partial charge on any atom is -0.279 e. The van der Waals surface area contributed by atoms with Crippen LogP contribution in [0.3, 0.4) is 0 Å². The molecular weight excluding hydrogens is 373 g/mol. The highest BCUT2D eigenvalue weighted by Crippen LogP contribution is 2.30. The monoisotopic (exact) mass is 390 g/mol. The number of sulfonamides is 1. The first kappa shape index (κ1) is 18.6. The van der Waals surface area contributed by atoms with Gasteiger partial charge in [0.15, 0.2) is 0 Å². The van der Waals surface area contributed by atoms with E-state index in [1.54, 1.807) is 0 Å². The summed E-state index contributed by atoms with van der Waals surface area (Å²) >= 11 is 0. The molecule has 0 radical (unpaired) electrons. The fraction of sp³-hybridized carbons (Fsp3) is 0.467. The molecule has 11 heteroatoms. The number of aromatic nitrogens is 3. The van der Waals surface area contributed by atoms with Crippen molar-refractivity contribution in [3.05, 3.63) is 46.1 Å². The Bertz CT molecular complexity index is 979. The molecular formula is C15H17F3N4O3S. The summed E-state index contributed by atoms with van der Waals surface area (Å²) in [6, 6.07) is 3.11. The Morgan fingerprint density at radius 3 is 2.69 bits per heavy atom. The minimum absolute atomic E-state index is 0.276. The SMILES string of the molecule is Cn1nc2n(c1=O)CCC(NS(=O)(=O)c1cccc(C(F)(F)F)c1)CC2. The van der Waals surface area contributed by atoms with E-state index < -0.39 is 32.7 Å². The zero-order chi connectivity index (χ0) is 19.1. The molecule has 2 aromatic rings. The molecule has 0 saturated heterocycles. The number of halogens is 3. The molecule has 1 aromatic heterocycles. The molecule has 0 saturated carbocycles. The van der Waals surface area contributed by atoms with E-state index in [0.717, 1.165) is 18.2 Å². The van der Waals surface area contributed by atoms with Crippen LogP contribution >= 0.6 is 0 Å². The lowest BCUT2D eigenvalue weighted by Crippen LogP contribution is -2.35. The lowest BCUT2D eigenvalue weighted by atomic mass is 10.1. The highest BCUT2D eigenvalue weighted by molar-refractivity contribution is 7.89. The topological polar surface area (TPSA) is 86.0 Å². The van der Waals surface area contributed by atoms with Crippen LogP contribution in [0.15, 0.2) is 34.0 Å². The molecule has 0 aliphatic carbocycles. The normalized spacial score (nSPS) is 18.4. The van der Waals surface area contributed by atoms with Crippen molar-refractivity contribution in [3.63, 3.8) is 0 Å². The second-order valence-corrected chi connectivity index (χ2v) is 7.86. The van der Waals surface area contributed by atoms with Gasteiger partial charge < -0.3 is 0 Å². The van der Waals surface area contributed by atoms with Gasteiger partial charge in [-0.25, -0.2) is 22.6 Å². The van der Waals surface area contributed by atoms with Gasteiger partial charge in [0.1, 0.15) is 5.82 Å². The molecule has 0 bridgehead atoms. The van der Waals surface area contributed by atoms with E-state index in [1.165, 1.54) is 16.3 Å². The second-order valence-electron chi connectivity index (χ2n) is 6.15. The fourth-order valence-electron chi connectivity index (χ4n) is 2.94. The van der Waals surface area contributed by atoms with Crippen molar-refractivity contribution < 1.29 is 21.6 Å². The molecule has 0 fully saturated rings. The van der Waals surface area contributed by atoms with Crippen LogP contribution in [0, 0.1) is 0 Å². The first-order valence-corrected chi connectivity index (χ1v) is 9.38. The predicted octanol–water partition coefficient (Wildman–Crippen LogP) is 1.28. The highest BCUT2D eigenvalue weighted by Gasteiger charge is 2.32. The smallest absolute Gasteiger partial charge is 0.279 e. The van der Waals surface area contributed by atoms with E-state index in [2.05, 4.69) is 9.82 Å². The Balaban J connectivity index is 1.78. The molecule has 142 valence electrons. The van der Waals surface area contributed by atoms with E-state index in [9.17, 15) is 26.4 Å². The first-order valence-electron chi connectivity index (χ1n) is 7.90. The van der Waals surface area contributed by atoms with Gasteiger partial charge in [-0.2, -0.15) is 18.3 Å². The number of benzene rings is 1. The van der Waals surface area contributed by atoms with E-state index in [4.69, 9.17) is 0 Å². The number of hydrogen-bond donors (Lipinski definition) is 1. The maximum Gasteiger partial charge on any atom is 0.416 e. The summed E-state index contributed by atoms with van der Waals surface area (Å²) in [5, 5.41) is 4.10. The second kappa shape index (κ2) is 6.54. The van der Waals surface area contributed by atoms with E-state index in [0.29, 0.717) is 31.2 Å². The molecule has 1 atom stereocenters. The molecule has 7 nitrogen and oxygen atoms in total. The number of hydrogen-bond acceptors (Lipinski definition) is 4. The zero-order valence-corrected chi connectivity index (χ0v) is 14.6. The predicted molar refractivity (Wildman–Crippen MR) is 86.0 cm³/mol. The van der Waals surface area contributed by atoms with E-state index in [-0.39, 0.29) is 12.2 Å². The van der Waals surface area contributed by atoms with Crippen molar-refractivity contribution in [2.75, 3.05) is 0 Å². The van der Waals surface area contributed by atoms with Gasteiger partial charge in [-0.05, 0) is 31.0 Å². The van der Waals surface area contributed by atoms with Crippen LogP contribution in [0.4, 0.5) is 13.2 Å². The van der Waals surface area contributed by atoms with Gasteiger partial charge in [-0.1, -0.05) is 6.07 Å². The summed E-state index contributed by atoms with van der Waals surface area (Å²) in [6.45, 7) is 0.289. The molecule has 1 unspecified atom stereocenters. The highest BCUT2D eigenvalue weighted by atomic mass is 32.2. The number of rotatable bonds is 3. The van der Waals surface area contributed by atoms with Gasteiger partial charge in [-0.15, -0.1) is 0 Å². The quantitative estimate of drug-likeness (QED) is 0.856. The van der Waals surface area contributed by atoms with Crippen molar-refractivity contribution in [2.24, 2.45) is 7.05 Å². The summed E-state index contributed by atoms with van der Waals surface area (Å²) in [7, 11) is -2.57. The van der Waals surface area contributed by atoms with Crippen molar-refractivity contribution >= 4 is 10.0 Å². The number of aryl methyl sites for hydroxylation is 2. The molecule has 3 rings (SSSR count). The Morgan fingerprint density at radius 2 is 2.00 bits per heavy atom. The van der Waals surface area contributed by atoms with Gasteiger partial charge in [0.05, 0.1) is 10.5 Å². The van der Waals surface area contributed by atoms with Gasteiger partial charge in [0.25, 0.3) is 0 Å². The number of alkyl halides is 3. The van der Waals surface area contributed by atoms with Crippen LogP contribution in [-0.4, -0.2) is 28.8 Å². The van der Waals surface area contributed by atoms with Gasteiger partial charge in [-0.3, -0.25) is 4.57 Å². The molecule has 0 amide bonds. The summed E-state index contributed by atoms with van der Waals surface area (Å²) in [5.41, 5.74) is -1.30. The van der Waals surface area contributed by atoms with Crippen LogP contribution < -0.4 is 10.4 Å². The largest absolute Gasteiger partial charge is 0.416 e. The molecule has 1 N–H and O–H groups in total. The average molecular weight is 390 g/mol. The van der Waals surface area contributed by atoms with Crippen LogP contribution in [0.25, 0.3) is 0 Å². The van der Waals surface area contributed by atoms with Crippen molar-refractivity contribution in [2.45, 2.75) is 42.9 Å². The molecule has 1 aliphatic heterocycles. The standard InChI is InChI=1S/C15H17F3N4O3S/c1-21-14(23)22-8-7-11(5-6-13(22)19-21)20-26(24,25)12-4-2-3-10(9-12)15(16,17)18/h2-4,9,11,20H,5-8H2,1H3. The fourth-order valence-corrected chi connectivity index (χ4v) is 4.29.